The van der Waals surface area contributed by atoms with Gasteiger partial charge >= 0.3 is 19.5 Å². The summed E-state index contributed by atoms with van der Waals surface area (Å²) in [6, 6.07) is 0. The number of rotatable bonds is 6. The van der Waals surface area contributed by atoms with Gasteiger partial charge < -0.3 is 60.0 Å². The molecule has 0 radical (unpaired) electrons. The van der Waals surface area contributed by atoms with Gasteiger partial charge in [0.15, 0.2) is 0 Å². The normalized spacial score (nSPS) is 15.0. The van der Waals surface area contributed by atoms with Crippen LogP contribution in [0.5, 0.6) is 0 Å². The average molecular weight is 397 g/mol. The van der Waals surface area contributed by atoms with Gasteiger partial charge in [-0.2, -0.15) is 0 Å². The second-order valence-electron chi connectivity index (χ2n) is 3.06. The van der Waals surface area contributed by atoms with Gasteiger partial charge in [0.1, 0.15) is 24.4 Å². The minimum atomic E-state index is -2.44. The number of aliphatic hydroxyl groups excluding tert-OH is 4. The van der Waals surface area contributed by atoms with Crippen LogP contribution in [0.1, 0.15) is 0 Å². The van der Waals surface area contributed by atoms with E-state index in [-0.39, 0.29) is 19.5 Å². The molecule has 4 unspecified atom stereocenters. The standard InChI is InChI=1S/2C4H6O6.Ru/c2*5-1(3(7)8)2(6)4(9)10;/h2*1-2,5-6H,(H,7,8)(H,9,10);/q;;+4/p-4. The summed E-state index contributed by atoms with van der Waals surface area (Å²) in [5, 5.41) is 71.5. The van der Waals surface area contributed by atoms with Gasteiger partial charge in [-0.25, -0.2) is 0 Å². The monoisotopic (exact) mass is 398 g/mol. The van der Waals surface area contributed by atoms with Crippen LogP contribution in [-0.4, -0.2) is 68.7 Å². The van der Waals surface area contributed by atoms with E-state index in [0.717, 1.165) is 0 Å². The molecule has 4 atom stereocenters. The predicted octanol–water partition coefficient (Wildman–Crippen LogP) is -9.59. The van der Waals surface area contributed by atoms with E-state index >= 15 is 0 Å². The maximum Gasteiger partial charge on any atom is 4.00 e. The van der Waals surface area contributed by atoms with Gasteiger partial charge in [-0.1, -0.05) is 0 Å². The van der Waals surface area contributed by atoms with Crippen molar-refractivity contribution in [3.63, 3.8) is 0 Å². The van der Waals surface area contributed by atoms with Crippen molar-refractivity contribution in [3.05, 3.63) is 0 Å². The molecule has 12 nitrogen and oxygen atoms in total. The molecule has 120 valence electrons. The van der Waals surface area contributed by atoms with Crippen molar-refractivity contribution in [2.45, 2.75) is 24.4 Å². The van der Waals surface area contributed by atoms with Crippen LogP contribution in [0.4, 0.5) is 0 Å². The van der Waals surface area contributed by atoms with E-state index in [1.807, 2.05) is 0 Å². The first-order valence-electron chi connectivity index (χ1n) is 4.49. The third kappa shape index (κ3) is 9.81. The number of aliphatic carboxylic acids is 4. The molecule has 0 amide bonds. The topological polar surface area (TPSA) is 241 Å². The van der Waals surface area contributed by atoms with Gasteiger partial charge in [0.05, 0.1) is 23.9 Å². The van der Waals surface area contributed by atoms with Crippen molar-refractivity contribution in [1.29, 1.82) is 0 Å². The number of carboxylic acid groups (broad SMARTS) is 4. The van der Waals surface area contributed by atoms with Crippen molar-refractivity contribution in [1.82, 2.24) is 0 Å². The molecule has 0 aromatic carbocycles. The Kier molecular flexibility index (Phi) is 12.8. The van der Waals surface area contributed by atoms with Gasteiger partial charge in [0.2, 0.25) is 0 Å². The summed E-state index contributed by atoms with van der Waals surface area (Å²) < 4.78 is 0. The van der Waals surface area contributed by atoms with Gasteiger partial charge in [0, 0.05) is 0 Å². The molecule has 0 heterocycles. The van der Waals surface area contributed by atoms with Crippen LogP contribution >= 0.6 is 0 Å². The molecule has 0 aliphatic rings. The van der Waals surface area contributed by atoms with Crippen molar-refractivity contribution in [2.24, 2.45) is 0 Å². The number of aliphatic hydroxyl groups is 4. The maximum atomic E-state index is 9.63. The third-order valence-electron chi connectivity index (χ3n) is 1.56. The zero-order chi connectivity index (χ0) is 16.6. The van der Waals surface area contributed by atoms with E-state index in [0.29, 0.717) is 0 Å². The fraction of sp³-hybridized carbons (Fsp3) is 0.500. The first-order valence-corrected chi connectivity index (χ1v) is 4.49. The summed E-state index contributed by atoms with van der Waals surface area (Å²) >= 11 is 0. The van der Waals surface area contributed by atoms with E-state index in [1.54, 1.807) is 0 Å². The SMILES string of the molecule is O=C([O-])C(O)C(O)C(=O)[O-].O=C([O-])C(O)C(O)C(=O)[O-].[Ru+4]. The van der Waals surface area contributed by atoms with Crippen LogP contribution in [0.15, 0.2) is 0 Å². The third-order valence-corrected chi connectivity index (χ3v) is 1.56. The summed E-state index contributed by atoms with van der Waals surface area (Å²) in [7, 11) is 0. The predicted molar refractivity (Wildman–Crippen MR) is 44.1 cm³/mol. The van der Waals surface area contributed by atoms with Crippen molar-refractivity contribution in [3.8, 4) is 0 Å². The van der Waals surface area contributed by atoms with E-state index in [1.165, 1.54) is 0 Å². The summed E-state index contributed by atoms with van der Waals surface area (Å²) in [6.45, 7) is 0. The Balaban J connectivity index is -0.000000295. The Labute approximate surface area is 128 Å². The minimum Gasteiger partial charge on any atom is -0.547 e. The number of carboxylic acids is 4. The molecule has 0 saturated heterocycles. The fourth-order valence-electron chi connectivity index (χ4n) is 0.516. The Morgan fingerprint density at radius 1 is 0.524 bits per heavy atom. The Morgan fingerprint density at radius 2 is 0.619 bits per heavy atom. The van der Waals surface area contributed by atoms with Crippen molar-refractivity contribution < 1.29 is 79.5 Å². The van der Waals surface area contributed by atoms with E-state index in [2.05, 4.69) is 0 Å². The van der Waals surface area contributed by atoms with Crippen LogP contribution < -0.4 is 20.4 Å². The van der Waals surface area contributed by atoms with Crippen LogP contribution in [0, 0.1) is 0 Å². The molecular weight excluding hydrogens is 389 g/mol. The summed E-state index contributed by atoms with van der Waals surface area (Å²) in [5.74, 6) is -8.23. The molecule has 0 rings (SSSR count). The summed E-state index contributed by atoms with van der Waals surface area (Å²) in [5.41, 5.74) is 0. The zero-order valence-corrected chi connectivity index (χ0v) is 11.5. The van der Waals surface area contributed by atoms with E-state index in [9.17, 15) is 39.6 Å². The van der Waals surface area contributed by atoms with Crippen molar-refractivity contribution in [2.75, 3.05) is 0 Å². The Bertz CT molecular complexity index is 309. The fourth-order valence-corrected chi connectivity index (χ4v) is 0.516. The van der Waals surface area contributed by atoms with Gasteiger partial charge in [-0.05, 0) is 0 Å². The minimum absolute atomic E-state index is 0. The van der Waals surface area contributed by atoms with Crippen LogP contribution in [0.3, 0.4) is 0 Å². The second-order valence-corrected chi connectivity index (χ2v) is 3.06. The van der Waals surface area contributed by atoms with E-state index in [4.69, 9.17) is 20.4 Å². The smallest absolute Gasteiger partial charge is 0.547 e. The largest absolute Gasteiger partial charge is 4.00 e. The number of hydrogen-bond acceptors (Lipinski definition) is 12. The van der Waals surface area contributed by atoms with E-state index < -0.39 is 48.3 Å². The molecule has 0 aliphatic heterocycles. The van der Waals surface area contributed by atoms with Gasteiger partial charge in [0.25, 0.3) is 0 Å². The first-order chi connectivity index (χ1) is 8.93. The molecule has 4 N–H and O–H groups in total. The molecular formula is C8H8O12Ru. The summed E-state index contributed by atoms with van der Waals surface area (Å²) in [4.78, 5) is 38.5. The van der Waals surface area contributed by atoms with Crippen molar-refractivity contribution >= 4 is 23.9 Å². The Hall–Kier alpha value is -1.66. The molecule has 0 aromatic heterocycles. The number of carbonyl (C=O) groups is 4. The molecule has 0 saturated carbocycles. The summed E-state index contributed by atoms with van der Waals surface area (Å²) in [6.07, 6.45) is -9.76. The molecule has 0 bridgehead atoms. The molecule has 0 fully saturated rings. The quantitative estimate of drug-likeness (QED) is 0.305. The van der Waals surface area contributed by atoms with Gasteiger partial charge in [-0.15, -0.1) is 0 Å². The second kappa shape index (κ2) is 11.1. The van der Waals surface area contributed by atoms with Crippen LogP contribution in [0.2, 0.25) is 0 Å². The number of hydrogen-bond donors (Lipinski definition) is 4. The zero-order valence-electron chi connectivity index (χ0n) is 9.72. The molecule has 0 aromatic rings. The van der Waals surface area contributed by atoms with Crippen LogP contribution in [-0.2, 0) is 38.7 Å². The first kappa shape index (κ1) is 24.4. The average Bonchev–Trinajstić information content (AvgIpc) is 2.35. The Morgan fingerprint density at radius 3 is 0.667 bits per heavy atom. The molecule has 0 spiro atoms. The molecule has 21 heavy (non-hydrogen) atoms. The van der Waals surface area contributed by atoms with Crippen LogP contribution in [0.25, 0.3) is 0 Å². The maximum absolute atomic E-state index is 9.63. The molecule has 0 aliphatic carbocycles. The number of carbonyl (C=O) groups excluding carboxylic acids is 4. The molecule has 13 heteroatoms. The van der Waals surface area contributed by atoms with Gasteiger partial charge in [-0.3, -0.25) is 0 Å².